The van der Waals surface area contributed by atoms with Crippen LogP contribution in [0.3, 0.4) is 0 Å². The summed E-state index contributed by atoms with van der Waals surface area (Å²) in [5, 5.41) is 9.44. The molecular weight excluding hydrogens is 392 g/mol. The zero-order valence-electron chi connectivity index (χ0n) is 16.3. The maximum absolute atomic E-state index is 12.1. The molecule has 0 aliphatic carbocycles. The highest BCUT2D eigenvalue weighted by atomic mass is 16.3. The number of anilines is 1. The van der Waals surface area contributed by atoms with Gasteiger partial charge in [-0.3, -0.25) is 19.6 Å². The summed E-state index contributed by atoms with van der Waals surface area (Å²) >= 11 is 0. The van der Waals surface area contributed by atoms with Gasteiger partial charge in [-0.25, -0.2) is 4.98 Å². The largest absolute Gasteiger partial charge is 0.436 e. The normalized spacial score (nSPS) is 14.3. The quantitative estimate of drug-likeness (QED) is 0.437. The molecule has 0 radical (unpaired) electrons. The Hall–Kier alpha value is -4.26. The first kappa shape index (κ1) is 17.6. The van der Waals surface area contributed by atoms with Crippen molar-refractivity contribution >= 4 is 39.4 Å². The van der Waals surface area contributed by atoms with Crippen LogP contribution in [0.25, 0.3) is 44.6 Å². The van der Waals surface area contributed by atoms with Crippen molar-refractivity contribution in [1.29, 1.82) is 0 Å². The molecule has 5 aromatic rings. The molecule has 1 aliphatic heterocycles. The number of hydrogen-bond acceptors (Lipinski definition) is 5. The smallest absolute Gasteiger partial charge is 0.234 e. The molecule has 0 unspecified atom stereocenters. The van der Waals surface area contributed by atoms with Gasteiger partial charge in [-0.15, -0.1) is 0 Å². The van der Waals surface area contributed by atoms with Gasteiger partial charge >= 0.3 is 0 Å². The zero-order valence-corrected chi connectivity index (χ0v) is 16.3. The first-order valence-corrected chi connectivity index (χ1v) is 9.97. The third kappa shape index (κ3) is 2.82. The number of fused-ring (bicyclic) bond motifs is 2. The number of nitrogens with zero attached hydrogens (tertiary/aromatic N) is 3. The summed E-state index contributed by atoms with van der Waals surface area (Å²) in [4.78, 5) is 30.2. The van der Waals surface area contributed by atoms with Crippen LogP contribution in [0.1, 0.15) is 12.8 Å². The van der Waals surface area contributed by atoms with Crippen LogP contribution in [-0.4, -0.2) is 27.0 Å². The minimum Gasteiger partial charge on any atom is -0.436 e. The van der Waals surface area contributed by atoms with Gasteiger partial charge < -0.3 is 4.42 Å². The second kappa shape index (κ2) is 6.63. The number of rotatable bonds is 3. The molecule has 3 aromatic carbocycles. The van der Waals surface area contributed by atoms with E-state index >= 15 is 0 Å². The summed E-state index contributed by atoms with van der Waals surface area (Å²) in [6.07, 6.45) is 2.22. The molecule has 0 atom stereocenters. The maximum Gasteiger partial charge on any atom is 0.234 e. The van der Waals surface area contributed by atoms with Crippen molar-refractivity contribution in [3.63, 3.8) is 0 Å². The van der Waals surface area contributed by atoms with Gasteiger partial charge in [0, 0.05) is 24.6 Å². The predicted octanol–water partition coefficient (Wildman–Crippen LogP) is 4.69. The highest BCUT2D eigenvalue weighted by Crippen LogP contribution is 2.35. The van der Waals surface area contributed by atoms with E-state index in [1.807, 2.05) is 42.5 Å². The fraction of sp³-hybridized carbons (Fsp3) is 0.0833. The SMILES string of the molecule is O=C1CCC(=O)N1c1cccc(-c2n[nH]cc2-c2nc3cc4ccccc4cc3o2)c1. The molecule has 0 bridgehead atoms. The summed E-state index contributed by atoms with van der Waals surface area (Å²) in [5.41, 5.74) is 4.11. The Morgan fingerprint density at radius 2 is 1.68 bits per heavy atom. The van der Waals surface area contributed by atoms with E-state index < -0.39 is 0 Å². The number of carbonyl (C=O) groups is 2. The molecule has 7 nitrogen and oxygen atoms in total. The summed E-state index contributed by atoms with van der Waals surface area (Å²) < 4.78 is 6.06. The first-order valence-electron chi connectivity index (χ1n) is 9.97. The van der Waals surface area contributed by atoms with Crippen molar-refractivity contribution < 1.29 is 14.0 Å². The van der Waals surface area contributed by atoms with Gasteiger partial charge in [-0.2, -0.15) is 5.10 Å². The Morgan fingerprint density at radius 3 is 2.48 bits per heavy atom. The summed E-state index contributed by atoms with van der Waals surface area (Å²) in [6, 6.07) is 19.3. The Morgan fingerprint density at radius 1 is 0.903 bits per heavy atom. The van der Waals surface area contributed by atoms with E-state index in [2.05, 4.69) is 15.2 Å². The molecule has 0 saturated carbocycles. The van der Waals surface area contributed by atoms with Crippen molar-refractivity contribution in [1.82, 2.24) is 15.2 Å². The number of carbonyl (C=O) groups excluding carboxylic acids is 2. The Kier molecular flexibility index (Phi) is 3.76. The van der Waals surface area contributed by atoms with Crippen molar-refractivity contribution in [3.8, 4) is 22.7 Å². The Labute approximate surface area is 176 Å². The fourth-order valence-electron chi connectivity index (χ4n) is 4.06. The van der Waals surface area contributed by atoms with Crippen LogP contribution in [0, 0.1) is 0 Å². The summed E-state index contributed by atoms with van der Waals surface area (Å²) in [6.45, 7) is 0. The van der Waals surface area contributed by atoms with E-state index in [-0.39, 0.29) is 24.7 Å². The number of H-pyrrole nitrogens is 1. The van der Waals surface area contributed by atoms with Gasteiger partial charge in [0.05, 0.1) is 11.3 Å². The number of benzene rings is 3. The number of hydrogen-bond donors (Lipinski definition) is 1. The van der Waals surface area contributed by atoms with Crippen molar-refractivity contribution in [3.05, 3.63) is 66.9 Å². The second-order valence-electron chi connectivity index (χ2n) is 7.51. The fourth-order valence-corrected chi connectivity index (χ4v) is 4.06. The average molecular weight is 408 g/mol. The van der Waals surface area contributed by atoms with Crippen LogP contribution < -0.4 is 4.90 Å². The number of oxazole rings is 1. The predicted molar refractivity (Wildman–Crippen MR) is 116 cm³/mol. The Balaban J connectivity index is 1.44. The standard InChI is InChI=1S/C24H16N4O3/c29-21-8-9-22(30)28(21)17-7-3-6-16(10-17)23-18(13-25-27-23)24-26-19-11-14-4-1-2-5-15(14)12-20(19)31-24/h1-7,10-13H,8-9H2,(H,25,27). The molecule has 2 aromatic heterocycles. The molecule has 3 heterocycles. The lowest BCUT2D eigenvalue weighted by atomic mass is 10.1. The topological polar surface area (TPSA) is 92.1 Å². The lowest BCUT2D eigenvalue weighted by Gasteiger charge is -2.14. The molecule has 1 N–H and O–H groups in total. The van der Waals surface area contributed by atoms with E-state index in [0.29, 0.717) is 28.4 Å². The van der Waals surface area contributed by atoms with E-state index in [1.54, 1.807) is 24.4 Å². The van der Waals surface area contributed by atoms with Crippen LogP contribution in [0.2, 0.25) is 0 Å². The van der Waals surface area contributed by atoms with Crippen molar-refractivity contribution in [2.24, 2.45) is 0 Å². The molecule has 31 heavy (non-hydrogen) atoms. The molecule has 0 spiro atoms. The van der Waals surface area contributed by atoms with E-state index in [0.717, 1.165) is 21.9 Å². The first-order chi connectivity index (χ1) is 15.2. The lowest BCUT2D eigenvalue weighted by Crippen LogP contribution is -2.28. The third-order valence-corrected chi connectivity index (χ3v) is 5.56. The second-order valence-corrected chi connectivity index (χ2v) is 7.51. The number of aromatic amines is 1. The monoisotopic (exact) mass is 408 g/mol. The highest BCUT2D eigenvalue weighted by molar-refractivity contribution is 6.20. The molecule has 1 aliphatic rings. The van der Waals surface area contributed by atoms with Crippen LogP contribution in [0.15, 0.2) is 71.3 Å². The Bertz CT molecular complexity index is 1430. The molecule has 1 saturated heterocycles. The molecule has 2 amide bonds. The molecule has 7 heteroatoms. The minimum atomic E-state index is -0.185. The number of imide groups is 1. The van der Waals surface area contributed by atoms with Gasteiger partial charge in [0.2, 0.25) is 17.7 Å². The third-order valence-electron chi connectivity index (χ3n) is 5.56. The van der Waals surface area contributed by atoms with Crippen LogP contribution in [0.5, 0.6) is 0 Å². The van der Waals surface area contributed by atoms with E-state index in [4.69, 9.17) is 4.42 Å². The van der Waals surface area contributed by atoms with E-state index in [9.17, 15) is 9.59 Å². The highest BCUT2D eigenvalue weighted by Gasteiger charge is 2.30. The summed E-state index contributed by atoms with van der Waals surface area (Å²) in [7, 11) is 0. The number of aromatic nitrogens is 3. The average Bonchev–Trinajstić information content (AvgIpc) is 3.50. The van der Waals surface area contributed by atoms with Crippen molar-refractivity contribution in [2.45, 2.75) is 12.8 Å². The zero-order chi connectivity index (χ0) is 20.9. The number of nitrogens with one attached hydrogen (secondary N) is 1. The van der Waals surface area contributed by atoms with Crippen LogP contribution in [0.4, 0.5) is 5.69 Å². The molecular formula is C24H16N4O3. The summed E-state index contributed by atoms with van der Waals surface area (Å²) in [5.74, 6) is 0.0821. The van der Waals surface area contributed by atoms with Gasteiger partial charge in [0.25, 0.3) is 0 Å². The van der Waals surface area contributed by atoms with Gasteiger partial charge in [0.1, 0.15) is 11.2 Å². The van der Waals surface area contributed by atoms with Gasteiger partial charge in [-0.1, -0.05) is 36.4 Å². The van der Waals surface area contributed by atoms with Crippen molar-refractivity contribution in [2.75, 3.05) is 4.90 Å². The molecule has 6 rings (SSSR count). The van der Waals surface area contributed by atoms with Crippen LogP contribution >= 0.6 is 0 Å². The minimum absolute atomic E-state index is 0.185. The van der Waals surface area contributed by atoms with E-state index in [1.165, 1.54) is 4.90 Å². The van der Waals surface area contributed by atoms with Crippen LogP contribution in [-0.2, 0) is 9.59 Å². The number of amides is 2. The lowest BCUT2D eigenvalue weighted by molar-refractivity contribution is -0.121. The van der Waals surface area contributed by atoms with Gasteiger partial charge in [0.15, 0.2) is 5.58 Å². The van der Waals surface area contributed by atoms with Gasteiger partial charge in [-0.05, 0) is 35.0 Å². The molecule has 150 valence electrons. The molecule has 1 fully saturated rings. The maximum atomic E-state index is 12.1.